The lowest BCUT2D eigenvalue weighted by atomic mass is 9.94. The predicted octanol–water partition coefficient (Wildman–Crippen LogP) is 5.49. The smallest absolute Gasteiger partial charge is 0.332 e. The lowest BCUT2D eigenvalue weighted by Crippen LogP contribution is -2.45. The van der Waals surface area contributed by atoms with Crippen molar-refractivity contribution in [2.45, 2.75) is 57.3 Å². The molecule has 176 valence electrons. The van der Waals surface area contributed by atoms with Crippen LogP contribution < -0.4 is 0 Å². The number of pyridine rings is 1. The van der Waals surface area contributed by atoms with Gasteiger partial charge in [0.25, 0.3) is 5.91 Å². The molecule has 0 radical (unpaired) electrons. The van der Waals surface area contributed by atoms with Crippen LogP contribution in [-0.4, -0.2) is 37.8 Å². The van der Waals surface area contributed by atoms with E-state index in [4.69, 9.17) is 0 Å². The van der Waals surface area contributed by atoms with Gasteiger partial charge in [-0.3, -0.25) is 9.78 Å². The summed E-state index contributed by atoms with van der Waals surface area (Å²) in [7, 11) is 0. The first kappa shape index (κ1) is 22.5. The first-order valence-electron chi connectivity index (χ1n) is 11.5. The summed E-state index contributed by atoms with van der Waals surface area (Å²) in [6.07, 6.45) is 3.95. The predicted molar refractivity (Wildman–Crippen MR) is 121 cm³/mol. The minimum absolute atomic E-state index is 0.0189. The second kappa shape index (κ2) is 8.81. The first-order valence-corrected chi connectivity index (χ1v) is 11.5. The summed E-state index contributed by atoms with van der Waals surface area (Å²) >= 11 is 0. The number of amides is 1. The number of benzene rings is 1. The average Bonchev–Trinajstić information content (AvgIpc) is 3.62. The van der Waals surface area contributed by atoms with Crippen LogP contribution in [0.15, 0.2) is 55.0 Å². The lowest BCUT2D eigenvalue weighted by Gasteiger charge is -2.36. The number of likely N-dealkylation sites (tertiary alicyclic amines) is 1. The lowest BCUT2D eigenvalue weighted by molar-refractivity contribution is -0.137. The Balaban J connectivity index is 1.38. The van der Waals surface area contributed by atoms with Gasteiger partial charge in [-0.25, -0.2) is 9.97 Å². The Bertz CT molecular complexity index is 1180. The summed E-state index contributed by atoms with van der Waals surface area (Å²) in [6, 6.07) is 10.2. The molecule has 8 heteroatoms. The number of rotatable bonds is 5. The van der Waals surface area contributed by atoms with Crippen molar-refractivity contribution in [3.05, 3.63) is 77.4 Å². The number of carbonyl (C=O) groups is 1. The molecule has 3 atom stereocenters. The zero-order chi connectivity index (χ0) is 23.9. The van der Waals surface area contributed by atoms with Gasteiger partial charge < -0.3 is 4.90 Å². The van der Waals surface area contributed by atoms with Gasteiger partial charge in [0.15, 0.2) is 5.82 Å². The molecule has 5 nitrogen and oxygen atoms in total. The number of carbonyl (C=O) groups excluding carboxylic acids is 1. The molecule has 1 saturated heterocycles. The van der Waals surface area contributed by atoms with Crippen LogP contribution >= 0.6 is 0 Å². The Hall–Kier alpha value is -3.29. The van der Waals surface area contributed by atoms with Crippen LogP contribution in [0.4, 0.5) is 13.2 Å². The maximum absolute atomic E-state index is 13.9. The summed E-state index contributed by atoms with van der Waals surface area (Å²) in [5, 5.41) is 0. The number of aryl methyl sites for hydroxylation is 2. The van der Waals surface area contributed by atoms with E-state index in [2.05, 4.69) is 15.0 Å². The van der Waals surface area contributed by atoms with E-state index in [1.165, 1.54) is 6.07 Å². The molecule has 0 unspecified atom stereocenters. The van der Waals surface area contributed by atoms with E-state index in [-0.39, 0.29) is 18.0 Å². The third-order valence-corrected chi connectivity index (χ3v) is 6.84. The molecule has 34 heavy (non-hydrogen) atoms. The largest absolute Gasteiger partial charge is 0.417 e. The molecule has 2 fully saturated rings. The Morgan fingerprint density at radius 3 is 2.59 bits per heavy atom. The Kier molecular flexibility index (Phi) is 5.83. The topological polar surface area (TPSA) is 59.0 Å². The number of piperidine rings is 1. The monoisotopic (exact) mass is 466 g/mol. The van der Waals surface area contributed by atoms with Crippen molar-refractivity contribution >= 4 is 5.91 Å². The molecule has 1 saturated carbocycles. The van der Waals surface area contributed by atoms with E-state index in [0.717, 1.165) is 37.1 Å². The van der Waals surface area contributed by atoms with Crippen LogP contribution in [0, 0.1) is 12.8 Å². The van der Waals surface area contributed by atoms with Crippen molar-refractivity contribution in [1.82, 2.24) is 19.9 Å². The number of hydrogen-bond acceptors (Lipinski definition) is 4. The SMILES string of the molecule is Cc1ccc(-c2ncccn2)c(C(=O)N2[C@H](CCc3ccc(C(F)(F)F)cn3)CC[C@@H]3C[C@@H]32)c1. The summed E-state index contributed by atoms with van der Waals surface area (Å²) in [5.41, 5.74) is 2.14. The summed E-state index contributed by atoms with van der Waals surface area (Å²) in [6.45, 7) is 1.95. The van der Waals surface area contributed by atoms with E-state index in [1.807, 2.05) is 30.0 Å². The highest BCUT2D eigenvalue weighted by Gasteiger charge is 2.50. The van der Waals surface area contributed by atoms with Crippen molar-refractivity contribution in [2.24, 2.45) is 5.92 Å². The first-order chi connectivity index (χ1) is 16.3. The molecule has 1 amide bonds. The zero-order valence-electron chi connectivity index (χ0n) is 18.8. The van der Waals surface area contributed by atoms with Crippen molar-refractivity contribution in [2.75, 3.05) is 0 Å². The number of hydrogen-bond donors (Lipinski definition) is 0. The second-order valence-corrected chi connectivity index (χ2v) is 9.20. The van der Waals surface area contributed by atoms with Crippen LogP contribution in [0.3, 0.4) is 0 Å². The van der Waals surface area contributed by atoms with E-state index in [1.54, 1.807) is 18.5 Å². The standard InChI is InChI=1S/C26H25F3N4O/c1-16-3-10-21(24-30-11-2-12-31-24)22(13-16)25(34)33-20(8-4-17-14-23(17)33)9-7-19-6-5-18(15-32-19)26(27,28)29/h2-3,5-6,10-13,15,17,20,23H,4,7-9,14H2,1H3/t17-,20+,23+/m1/s1. The number of alkyl halides is 3. The van der Waals surface area contributed by atoms with E-state index < -0.39 is 11.7 Å². The molecule has 0 bridgehead atoms. The summed E-state index contributed by atoms with van der Waals surface area (Å²) in [4.78, 5) is 28.6. The normalized spacial score (nSPS) is 21.8. The van der Waals surface area contributed by atoms with Gasteiger partial charge in [-0.05, 0) is 69.2 Å². The fourth-order valence-electron chi connectivity index (χ4n) is 4.96. The maximum atomic E-state index is 13.9. The molecule has 2 aliphatic rings. The van der Waals surface area contributed by atoms with Gasteiger partial charge in [0.05, 0.1) is 11.1 Å². The van der Waals surface area contributed by atoms with Gasteiger partial charge in [-0.2, -0.15) is 13.2 Å². The minimum atomic E-state index is -4.40. The molecule has 3 heterocycles. The quantitative estimate of drug-likeness (QED) is 0.499. The van der Waals surface area contributed by atoms with Crippen LogP contribution in [0.1, 0.15) is 52.9 Å². The van der Waals surface area contributed by atoms with E-state index >= 15 is 0 Å². The number of fused-ring (bicyclic) bond motifs is 1. The molecule has 1 aliphatic heterocycles. The Labute approximate surface area is 196 Å². The second-order valence-electron chi connectivity index (χ2n) is 9.20. The fraction of sp³-hybridized carbons (Fsp3) is 0.385. The maximum Gasteiger partial charge on any atom is 0.417 e. The van der Waals surface area contributed by atoms with Crippen LogP contribution in [0.25, 0.3) is 11.4 Å². The van der Waals surface area contributed by atoms with Crippen molar-refractivity contribution in [1.29, 1.82) is 0 Å². The van der Waals surface area contributed by atoms with Crippen molar-refractivity contribution in [3.63, 3.8) is 0 Å². The van der Waals surface area contributed by atoms with Crippen LogP contribution in [0.2, 0.25) is 0 Å². The highest BCUT2D eigenvalue weighted by Crippen LogP contribution is 2.47. The van der Waals surface area contributed by atoms with Gasteiger partial charge in [0, 0.05) is 41.9 Å². The van der Waals surface area contributed by atoms with Crippen LogP contribution in [0.5, 0.6) is 0 Å². The van der Waals surface area contributed by atoms with Gasteiger partial charge in [-0.1, -0.05) is 17.7 Å². The van der Waals surface area contributed by atoms with Gasteiger partial charge in [0.1, 0.15) is 0 Å². The summed E-state index contributed by atoms with van der Waals surface area (Å²) in [5.74, 6) is 1.02. The molecular weight excluding hydrogens is 441 g/mol. The molecule has 5 rings (SSSR count). The van der Waals surface area contributed by atoms with Gasteiger partial charge >= 0.3 is 6.18 Å². The Morgan fingerprint density at radius 1 is 1.09 bits per heavy atom. The highest BCUT2D eigenvalue weighted by atomic mass is 19.4. The minimum Gasteiger partial charge on any atom is -0.332 e. The Morgan fingerprint density at radius 2 is 1.88 bits per heavy atom. The molecule has 2 aromatic heterocycles. The molecule has 0 spiro atoms. The van der Waals surface area contributed by atoms with Crippen molar-refractivity contribution < 1.29 is 18.0 Å². The van der Waals surface area contributed by atoms with E-state index in [9.17, 15) is 18.0 Å². The molecule has 3 aromatic rings. The summed E-state index contributed by atoms with van der Waals surface area (Å²) < 4.78 is 38.5. The zero-order valence-corrected chi connectivity index (χ0v) is 18.8. The van der Waals surface area contributed by atoms with E-state index in [0.29, 0.717) is 41.4 Å². The van der Waals surface area contributed by atoms with Gasteiger partial charge in [0.2, 0.25) is 0 Å². The molecule has 0 N–H and O–H groups in total. The fourth-order valence-corrected chi connectivity index (χ4v) is 4.96. The average molecular weight is 467 g/mol. The number of aromatic nitrogens is 3. The van der Waals surface area contributed by atoms with Gasteiger partial charge in [-0.15, -0.1) is 0 Å². The molecular formula is C26H25F3N4O. The third kappa shape index (κ3) is 4.54. The highest BCUT2D eigenvalue weighted by molar-refractivity contribution is 6.01. The molecule has 1 aromatic carbocycles. The third-order valence-electron chi connectivity index (χ3n) is 6.84. The van der Waals surface area contributed by atoms with Crippen molar-refractivity contribution in [3.8, 4) is 11.4 Å². The molecule has 1 aliphatic carbocycles. The number of halogens is 3. The van der Waals surface area contributed by atoms with Crippen LogP contribution in [-0.2, 0) is 12.6 Å². The number of nitrogens with zero attached hydrogens (tertiary/aromatic N) is 4.